The standard InChI is InChI=1S/C16H19ClN2OS/c1-20-15-5-6-19(10-15)9-12-3-2-4-13(7-12)16-18-14(8-17)11-21-16/h2-4,7,11,15H,5-6,8-10H2,1H3. The first-order valence-corrected chi connectivity index (χ1v) is 8.54. The molecular weight excluding hydrogens is 304 g/mol. The van der Waals surface area contributed by atoms with E-state index in [0.29, 0.717) is 12.0 Å². The number of methoxy groups -OCH3 is 1. The van der Waals surface area contributed by atoms with Crippen molar-refractivity contribution in [3.63, 3.8) is 0 Å². The average molecular weight is 323 g/mol. The number of hydrogen-bond acceptors (Lipinski definition) is 4. The Labute approximate surface area is 134 Å². The minimum absolute atomic E-state index is 0.387. The summed E-state index contributed by atoms with van der Waals surface area (Å²) in [5, 5.41) is 3.07. The molecule has 1 fully saturated rings. The maximum atomic E-state index is 5.83. The summed E-state index contributed by atoms with van der Waals surface area (Å²) in [7, 11) is 1.80. The van der Waals surface area contributed by atoms with Gasteiger partial charge < -0.3 is 4.74 Å². The van der Waals surface area contributed by atoms with Gasteiger partial charge in [-0.05, 0) is 18.1 Å². The van der Waals surface area contributed by atoms with Gasteiger partial charge in [0, 0.05) is 37.7 Å². The smallest absolute Gasteiger partial charge is 0.123 e. The number of hydrogen-bond donors (Lipinski definition) is 0. The van der Waals surface area contributed by atoms with Gasteiger partial charge in [-0.3, -0.25) is 4.90 Å². The first-order chi connectivity index (χ1) is 10.3. The molecule has 0 N–H and O–H groups in total. The minimum Gasteiger partial charge on any atom is -0.380 e. The second-order valence-electron chi connectivity index (χ2n) is 5.36. The summed E-state index contributed by atoms with van der Waals surface area (Å²) in [5.41, 5.74) is 3.45. The van der Waals surface area contributed by atoms with Crippen LogP contribution in [0.2, 0.25) is 0 Å². The third kappa shape index (κ3) is 3.64. The summed E-state index contributed by atoms with van der Waals surface area (Å²) in [4.78, 5) is 6.99. The monoisotopic (exact) mass is 322 g/mol. The Morgan fingerprint density at radius 1 is 1.48 bits per heavy atom. The summed E-state index contributed by atoms with van der Waals surface area (Å²) >= 11 is 7.48. The highest BCUT2D eigenvalue weighted by molar-refractivity contribution is 7.13. The van der Waals surface area contributed by atoms with E-state index in [1.165, 1.54) is 11.1 Å². The Balaban J connectivity index is 1.71. The van der Waals surface area contributed by atoms with Crippen LogP contribution in [0.4, 0.5) is 0 Å². The minimum atomic E-state index is 0.387. The van der Waals surface area contributed by atoms with Crippen LogP contribution in [0.3, 0.4) is 0 Å². The highest BCUT2D eigenvalue weighted by Gasteiger charge is 2.21. The average Bonchev–Trinajstić information content (AvgIpc) is 3.16. The lowest BCUT2D eigenvalue weighted by atomic mass is 10.1. The molecule has 2 aromatic rings. The number of likely N-dealkylation sites (tertiary alicyclic amines) is 1. The Morgan fingerprint density at radius 2 is 2.38 bits per heavy atom. The van der Waals surface area contributed by atoms with Crippen molar-refractivity contribution >= 4 is 22.9 Å². The van der Waals surface area contributed by atoms with Gasteiger partial charge in [0.25, 0.3) is 0 Å². The second kappa shape index (κ2) is 6.88. The molecule has 0 radical (unpaired) electrons. The highest BCUT2D eigenvalue weighted by Crippen LogP contribution is 2.26. The molecule has 112 valence electrons. The Morgan fingerprint density at radius 3 is 3.10 bits per heavy atom. The van der Waals surface area contributed by atoms with E-state index in [-0.39, 0.29) is 0 Å². The normalized spacial score (nSPS) is 19.2. The molecule has 1 unspecified atom stereocenters. The van der Waals surface area contributed by atoms with E-state index in [9.17, 15) is 0 Å². The van der Waals surface area contributed by atoms with Crippen molar-refractivity contribution in [2.45, 2.75) is 24.9 Å². The van der Waals surface area contributed by atoms with Gasteiger partial charge in [-0.1, -0.05) is 18.2 Å². The molecule has 5 heteroatoms. The molecule has 1 saturated heterocycles. The van der Waals surface area contributed by atoms with Gasteiger partial charge in [-0.15, -0.1) is 22.9 Å². The van der Waals surface area contributed by atoms with Crippen molar-refractivity contribution in [1.82, 2.24) is 9.88 Å². The summed E-state index contributed by atoms with van der Waals surface area (Å²) in [6, 6.07) is 8.63. The van der Waals surface area contributed by atoms with Crippen LogP contribution >= 0.6 is 22.9 Å². The summed E-state index contributed by atoms with van der Waals surface area (Å²) in [6.45, 7) is 3.10. The number of aromatic nitrogens is 1. The molecule has 1 aromatic carbocycles. The van der Waals surface area contributed by atoms with Crippen LogP contribution in [0.15, 0.2) is 29.6 Å². The molecule has 0 saturated carbocycles. The van der Waals surface area contributed by atoms with Crippen molar-refractivity contribution in [3.8, 4) is 10.6 Å². The van der Waals surface area contributed by atoms with Crippen molar-refractivity contribution in [2.75, 3.05) is 20.2 Å². The fourth-order valence-electron chi connectivity index (χ4n) is 2.69. The molecule has 0 spiro atoms. The van der Waals surface area contributed by atoms with E-state index in [1.807, 2.05) is 5.38 Å². The fourth-order valence-corrected chi connectivity index (χ4v) is 3.74. The van der Waals surface area contributed by atoms with Crippen molar-refractivity contribution in [1.29, 1.82) is 0 Å². The maximum Gasteiger partial charge on any atom is 0.123 e. The number of halogens is 1. The fraction of sp³-hybridized carbons (Fsp3) is 0.438. The zero-order chi connectivity index (χ0) is 14.7. The molecule has 1 aromatic heterocycles. The van der Waals surface area contributed by atoms with Gasteiger partial charge in [0.1, 0.15) is 5.01 Å². The third-order valence-electron chi connectivity index (χ3n) is 3.83. The number of alkyl halides is 1. The number of nitrogens with zero attached hydrogens (tertiary/aromatic N) is 2. The van der Waals surface area contributed by atoms with Gasteiger partial charge >= 0.3 is 0 Å². The van der Waals surface area contributed by atoms with E-state index < -0.39 is 0 Å². The van der Waals surface area contributed by atoms with Crippen LogP contribution in [-0.2, 0) is 17.2 Å². The van der Waals surface area contributed by atoms with Gasteiger partial charge in [0.05, 0.1) is 17.7 Å². The largest absolute Gasteiger partial charge is 0.380 e. The topological polar surface area (TPSA) is 25.4 Å². The van der Waals surface area contributed by atoms with E-state index in [2.05, 4.69) is 34.1 Å². The summed E-state index contributed by atoms with van der Waals surface area (Å²) in [5.74, 6) is 0.475. The van der Waals surface area contributed by atoms with Crippen LogP contribution in [0.1, 0.15) is 17.7 Å². The molecular formula is C16H19ClN2OS. The predicted molar refractivity (Wildman–Crippen MR) is 87.8 cm³/mol. The van der Waals surface area contributed by atoms with Gasteiger partial charge in [0.15, 0.2) is 0 Å². The predicted octanol–water partition coefficient (Wildman–Crippen LogP) is 3.77. The van der Waals surface area contributed by atoms with E-state index in [0.717, 1.165) is 36.8 Å². The number of benzene rings is 1. The number of rotatable bonds is 5. The van der Waals surface area contributed by atoms with Crippen molar-refractivity contribution in [2.24, 2.45) is 0 Å². The van der Waals surface area contributed by atoms with Gasteiger partial charge in [-0.2, -0.15) is 0 Å². The summed E-state index contributed by atoms with van der Waals surface area (Å²) in [6.07, 6.45) is 1.51. The van der Waals surface area contributed by atoms with Crippen LogP contribution < -0.4 is 0 Å². The molecule has 1 aliphatic heterocycles. The molecule has 0 amide bonds. The maximum absolute atomic E-state index is 5.83. The van der Waals surface area contributed by atoms with Gasteiger partial charge in [0.2, 0.25) is 0 Å². The van der Waals surface area contributed by atoms with E-state index >= 15 is 0 Å². The van der Waals surface area contributed by atoms with E-state index in [4.69, 9.17) is 16.3 Å². The lowest BCUT2D eigenvalue weighted by molar-refractivity contribution is 0.107. The lowest BCUT2D eigenvalue weighted by Crippen LogP contribution is -2.22. The Hall–Kier alpha value is -0.940. The first kappa shape index (κ1) is 15.0. The number of thiazole rings is 1. The molecule has 21 heavy (non-hydrogen) atoms. The molecule has 3 nitrogen and oxygen atoms in total. The Kier molecular flexibility index (Phi) is 4.91. The zero-order valence-electron chi connectivity index (χ0n) is 12.1. The molecule has 3 rings (SSSR count). The molecule has 0 aliphatic carbocycles. The lowest BCUT2D eigenvalue weighted by Gasteiger charge is -2.16. The molecule has 2 heterocycles. The number of ether oxygens (including phenoxy) is 1. The molecule has 1 aliphatic rings. The van der Waals surface area contributed by atoms with Crippen LogP contribution in [0, 0.1) is 0 Å². The van der Waals surface area contributed by atoms with Gasteiger partial charge in [-0.25, -0.2) is 4.98 Å². The quantitative estimate of drug-likeness (QED) is 0.784. The van der Waals surface area contributed by atoms with Crippen LogP contribution in [0.5, 0.6) is 0 Å². The van der Waals surface area contributed by atoms with Crippen LogP contribution in [-0.4, -0.2) is 36.2 Å². The second-order valence-corrected chi connectivity index (χ2v) is 6.48. The van der Waals surface area contributed by atoms with Crippen molar-refractivity contribution in [3.05, 3.63) is 40.9 Å². The first-order valence-electron chi connectivity index (χ1n) is 7.13. The van der Waals surface area contributed by atoms with E-state index in [1.54, 1.807) is 18.4 Å². The zero-order valence-corrected chi connectivity index (χ0v) is 13.7. The third-order valence-corrected chi connectivity index (χ3v) is 5.05. The van der Waals surface area contributed by atoms with Crippen LogP contribution in [0.25, 0.3) is 10.6 Å². The molecule has 1 atom stereocenters. The highest BCUT2D eigenvalue weighted by atomic mass is 35.5. The SMILES string of the molecule is COC1CCN(Cc2cccc(-c3nc(CCl)cs3)c2)C1. The molecule has 0 bridgehead atoms. The van der Waals surface area contributed by atoms with Crippen molar-refractivity contribution < 1.29 is 4.74 Å². The Bertz CT molecular complexity index is 601. The summed E-state index contributed by atoms with van der Waals surface area (Å²) < 4.78 is 5.42.